The maximum atomic E-state index is 12.2. The second kappa shape index (κ2) is 7.79. The number of nitrogens with zero attached hydrogens (tertiary/aromatic N) is 2. The lowest BCUT2D eigenvalue weighted by atomic mass is 10.2. The first-order valence-corrected chi connectivity index (χ1v) is 8.55. The van der Waals surface area contributed by atoms with Crippen molar-refractivity contribution < 1.29 is 14.5 Å². The highest BCUT2D eigenvalue weighted by Gasteiger charge is 2.32. The second-order valence-electron chi connectivity index (χ2n) is 5.37. The van der Waals surface area contributed by atoms with E-state index in [1.807, 2.05) is 18.2 Å². The predicted molar refractivity (Wildman–Crippen MR) is 99.4 cm³/mol. The van der Waals surface area contributed by atoms with Crippen molar-refractivity contribution >= 4 is 45.8 Å². The third-order valence-corrected chi connectivity index (χ3v) is 4.59. The fraction of sp³-hybridized carbons (Fsp3) is 0.118. The van der Waals surface area contributed by atoms with Crippen LogP contribution >= 0.6 is 11.8 Å². The Morgan fingerprint density at radius 1 is 1.19 bits per heavy atom. The molecule has 0 radical (unpaired) electrons. The Bertz CT molecular complexity index is 885. The first-order chi connectivity index (χ1) is 12.5. The Labute approximate surface area is 152 Å². The number of thioether (sulfide) groups is 1. The lowest BCUT2D eigenvalue weighted by Gasteiger charge is -2.07. The van der Waals surface area contributed by atoms with Crippen LogP contribution in [0.15, 0.2) is 59.6 Å². The van der Waals surface area contributed by atoms with Crippen LogP contribution in [-0.4, -0.2) is 27.2 Å². The minimum atomic E-state index is -0.639. The SMILES string of the molecule is O=C(CC1SC(=Nc2ccccc2)NC1=O)Nc1ccccc1[N+](=O)[O-]. The van der Waals surface area contributed by atoms with Gasteiger partial charge in [0.15, 0.2) is 5.17 Å². The first-order valence-electron chi connectivity index (χ1n) is 7.67. The molecule has 2 amide bonds. The van der Waals surface area contributed by atoms with Crippen LogP contribution in [0.25, 0.3) is 0 Å². The number of nitrogens with one attached hydrogen (secondary N) is 2. The van der Waals surface area contributed by atoms with Crippen LogP contribution in [0.4, 0.5) is 17.1 Å². The second-order valence-corrected chi connectivity index (χ2v) is 6.57. The van der Waals surface area contributed by atoms with Gasteiger partial charge in [-0.25, -0.2) is 4.99 Å². The van der Waals surface area contributed by atoms with Crippen LogP contribution < -0.4 is 10.6 Å². The van der Waals surface area contributed by atoms with Crippen LogP contribution in [-0.2, 0) is 9.59 Å². The molecule has 2 aromatic rings. The van der Waals surface area contributed by atoms with Crippen LogP contribution in [0.3, 0.4) is 0 Å². The summed E-state index contributed by atoms with van der Waals surface area (Å²) in [5.74, 6) is -0.796. The number of amides is 2. The highest BCUT2D eigenvalue weighted by molar-refractivity contribution is 8.15. The third-order valence-electron chi connectivity index (χ3n) is 3.51. The lowest BCUT2D eigenvalue weighted by molar-refractivity contribution is -0.383. The van der Waals surface area contributed by atoms with Crippen molar-refractivity contribution in [3.8, 4) is 0 Å². The number of hydrogen-bond donors (Lipinski definition) is 2. The molecule has 0 aliphatic carbocycles. The van der Waals surface area contributed by atoms with Crippen LogP contribution in [0.1, 0.15) is 6.42 Å². The van der Waals surface area contributed by atoms with Crippen molar-refractivity contribution in [1.82, 2.24) is 5.32 Å². The number of rotatable bonds is 5. The van der Waals surface area contributed by atoms with Crippen LogP contribution in [0, 0.1) is 10.1 Å². The number of benzene rings is 2. The van der Waals surface area contributed by atoms with E-state index < -0.39 is 16.1 Å². The molecule has 3 rings (SSSR count). The standard InChI is InChI=1S/C17H14N4O4S/c22-15(19-12-8-4-5-9-13(12)21(24)25)10-14-16(23)20-17(26-14)18-11-6-2-1-3-7-11/h1-9,14H,10H2,(H,19,22)(H,18,20,23). The molecule has 1 saturated heterocycles. The van der Waals surface area contributed by atoms with E-state index in [9.17, 15) is 19.7 Å². The molecule has 1 atom stereocenters. The third kappa shape index (κ3) is 4.25. The van der Waals surface area contributed by atoms with Gasteiger partial charge < -0.3 is 10.6 Å². The quantitative estimate of drug-likeness (QED) is 0.620. The van der Waals surface area contributed by atoms with Gasteiger partial charge in [-0.3, -0.25) is 19.7 Å². The number of anilines is 1. The molecular formula is C17H14N4O4S. The summed E-state index contributed by atoms with van der Waals surface area (Å²) in [5.41, 5.74) is 0.597. The molecule has 1 unspecified atom stereocenters. The average molecular weight is 370 g/mol. The van der Waals surface area contributed by atoms with Crippen molar-refractivity contribution in [2.24, 2.45) is 4.99 Å². The number of aliphatic imine (C=N–C) groups is 1. The fourth-order valence-electron chi connectivity index (χ4n) is 2.32. The number of hydrogen-bond acceptors (Lipinski definition) is 6. The molecule has 8 nitrogen and oxygen atoms in total. The van der Waals surface area contributed by atoms with E-state index in [0.29, 0.717) is 10.9 Å². The van der Waals surface area contributed by atoms with Crippen LogP contribution in [0.5, 0.6) is 0 Å². The largest absolute Gasteiger partial charge is 0.320 e. The van der Waals surface area contributed by atoms with Crippen LogP contribution in [0.2, 0.25) is 0 Å². The molecule has 26 heavy (non-hydrogen) atoms. The number of amidine groups is 1. The van der Waals surface area contributed by atoms with E-state index in [2.05, 4.69) is 15.6 Å². The molecule has 1 heterocycles. The molecule has 0 spiro atoms. The molecule has 2 aromatic carbocycles. The Balaban J connectivity index is 1.64. The fourth-order valence-corrected chi connectivity index (χ4v) is 3.31. The van der Waals surface area contributed by atoms with Crippen molar-refractivity contribution in [3.05, 3.63) is 64.7 Å². The summed E-state index contributed by atoms with van der Waals surface area (Å²) in [6.45, 7) is 0. The van der Waals surface area contributed by atoms with Crippen molar-refractivity contribution in [2.75, 3.05) is 5.32 Å². The Kier molecular flexibility index (Phi) is 5.28. The number of nitro benzene ring substituents is 1. The minimum absolute atomic E-state index is 0.101. The molecule has 1 aliphatic heterocycles. The molecule has 0 bridgehead atoms. The molecule has 1 aliphatic rings. The maximum absolute atomic E-state index is 12.2. The number of carbonyl (C=O) groups is 2. The van der Waals surface area contributed by atoms with E-state index in [1.165, 1.54) is 18.2 Å². The summed E-state index contributed by atoms with van der Waals surface area (Å²) in [6.07, 6.45) is -0.115. The van der Waals surface area contributed by atoms with Crippen molar-refractivity contribution in [3.63, 3.8) is 0 Å². The molecule has 132 valence electrons. The Morgan fingerprint density at radius 2 is 1.88 bits per heavy atom. The molecule has 0 saturated carbocycles. The highest BCUT2D eigenvalue weighted by Crippen LogP contribution is 2.27. The van der Waals surface area contributed by atoms with Crippen molar-refractivity contribution in [1.29, 1.82) is 0 Å². The van der Waals surface area contributed by atoms with Gasteiger partial charge in [0.05, 0.1) is 10.6 Å². The Hall–Kier alpha value is -3.20. The summed E-state index contributed by atoms with van der Waals surface area (Å²) >= 11 is 1.16. The monoisotopic (exact) mass is 370 g/mol. The summed E-state index contributed by atoms with van der Waals surface area (Å²) in [5, 5.41) is 15.9. The van der Waals surface area contributed by atoms with Gasteiger partial charge in [-0.1, -0.05) is 42.1 Å². The average Bonchev–Trinajstić information content (AvgIpc) is 2.95. The van der Waals surface area contributed by atoms with Gasteiger partial charge in [-0.05, 0) is 18.2 Å². The predicted octanol–water partition coefficient (Wildman–Crippen LogP) is 2.84. The molecular weight excluding hydrogens is 356 g/mol. The number of carbonyl (C=O) groups excluding carboxylic acids is 2. The first kappa shape index (κ1) is 17.6. The van der Waals surface area contributed by atoms with Gasteiger partial charge >= 0.3 is 0 Å². The summed E-state index contributed by atoms with van der Waals surface area (Å²) in [7, 11) is 0. The summed E-state index contributed by atoms with van der Waals surface area (Å²) in [6, 6.07) is 15.0. The Morgan fingerprint density at radius 3 is 2.62 bits per heavy atom. The molecule has 9 heteroatoms. The van der Waals surface area contributed by atoms with Gasteiger partial charge in [0.25, 0.3) is 5.69 Å². The number of para-hydroxylation sites is 3. The molecule has 1 fully saturated rings. The smallest absolute Gasteiger partial charge is 0.292 e. The van der Waals surface area contributed by atoms with Gasteiger partial charge in [0.1, 0.15) is 10.9 Å². The zero-order valence-corrected chi connectivity index (χ0v) is 14.2. The maximum Gasteiger partial charge on any atom is 0.292 e. The van der Waals surface area contributed by atoms with Gasteiger partial charge in [0, 0.05) is 12.5 Å². The van der Waals surface area contributed by atoms with E-state index in [1.54, 1.807) is 18.2 Å². The molecule has 0 aromatic heterocycles. The van der Waals surface area contributed by atoms with Gasteiger partial charge in [-0.15, -0.1) is 0 Å². The van der Waals surface area contributed by atoms with E-state index in [0.717, 1.165) is 11.8 Å². The summed E-state index contributed by atoms with van der Waals surface area (Å²) < 4.78 is 0. The minimum Gasteiger partial charge on any atom is -0.320 e. The van der Waals surface area contributed by atoms with E-state index in [-0.39, 0.29) is 23.7 Å². The van der Waals surface area contributed by atoms with Gasteiger partial charge in [-0.2, -0.15) is 0 Å². The van der Waals surface area contributed by atoms with E-state index >= 15 is 0 Å². The summed E-state index contributed by atoms with van der Waals surface area (Å²) in [4.78, 5) is 39.0. The van der Waals surface area contributed by atoms with Crippen molar-refractivity contribution in [2.45, 2.75) is 11.7 Å². The van der Waals surface area contributed by atoms with Gasteiger partial charge in [0.2, 0.25) is 11.8 Å². The molecule has 2 N–H and O–H groups in total. The highest BCUT2D eigenvalue weighted by atomic mass is 32.2. The zero-order valence-electron chi connectivity index (χ0n) is 13.4. The lowest BCUT2D eigenvalue weighted by Crippen LogP contribution is -2.28. The number of nitro groups is 1. The topological polar surface area (TPSA) is 114 Å². The van der Waals surface area contributed by atoms with E-state index in [4.69, 9.17) is 0 Å². The zero-order chi connectivity index (χ0) is 18.5. The normalized spacial score (nSPS) is 17.8.